The molecular formula is C14H10ClF3O. The number of alkyl halides is 3. The topological polar surface area (TPSA) is 9.23 Å². The molecule has 0 saturated carbocycles. The molecule has 0 bridgehead atoms. The molecule has 0 saturated heterocycles. The van der Waals surface area contributed by atoms with E-state index < -0.39 is 6.36 Å². The highest BCUT2D eigenvalue weighted by Crippen LogP contribution is 2.30. The van der Waals surface area contributed by atoms with Gasteiger partial charge in [-0.05, 0) is 47.9 Å². The van der Waals surface area contributed by atoms with Gasteiger partial charge in [-0.1, -0.05) is 29.8 Å². The smallest absolute Gasteiger partial charge is 0.406 e. The monoisotopic (exact) mass is 286 g/mol. The fourth-order valence-electron chi connectivity index (χ4n) is 1.81. The predicted octanol–water partition coefficient (Wildman–Crippen LogP) is 5.21. The summed E-state index contributed by atoms with van der Waals surface area (Å²) in [6.07, 6.45) is -4.69. The molecule has 100 valence electrons. The van der Waals surface area contributed by atoms with Crippen molar-refractivity contribution in [2.24, 2.45) is 0 Å². The lowest BCUT2D eigenvalue weighted by atomic mass is 10.0. The summed E-state index contributed by atoms with van der Waals surface area (Å²) >= 11 is 5.85. The van der Waals surface area contributed by atoms with Gasteiger partial charge in [0.1, 0.15) is 5.75 Å². The lowest BCUT2D eigenvalue weighted by molar-refractivity contribution is -0.274. The Morgan fingerprint density at radius 1 is 1.05 bits per heavy atom. The highest BCUT2D eigenvalue weighted by Gasteiger charge is 2.31. The Morgan fingerprint density at radius 2 is 1.79 bits per heavy atom. The van der Waals surface area contributed by atoms with E-state index in [0.29, 0.717) is 10.6 Å². The van der Waals surface area contributed by atoms with E-state index in [-0.39, 0.29) is 5.75 Å². The van der Waals surface area contributed by atoms with Crippen LogP contribution in [0.15, 0.2) is 42.5 Å². The van der Waals surface area contributed by atoms with E-state index in [1.165, 1.54) is 18.2 Å². The predicted molar refractivity (Wildman–Crippen MR) is 68.3 cm³/mol. The summed E-state index contributed by atoms with van der Waals surface area (Å²) < 4.78 is 40.4. The van der Waals surface area contributed by atoms with Crippen LogP contribution < -0.4 is 4.74 Å². The second-order valence-corrected chi connectivity index (χ2v) is 4.47. The molecule has 0 aliphatic carbocycles. The summed E-state index contributed by atoms with van der Waals surface area (Å²) in [5, 5.41) is 0.587. The number of hydrogen-bond donors (Lipinski definition) is 0. The quantitative estimate of drug-likeness (QED) is 0.736. The highest BCUT2D eigenvalue weighted by atomic mass is 35.5. The van der Waals surface area contributed by atoms with Gasteiger partial charge < -0.3 is 4.74 Å². The molecule has 0 heterocycles. The molecular weight excluding hydrogens is 277 g/mol. The Bertz CT molecular complexity index is 593. The zero-order valence-electron chi connectivity index (χ0n) is 9.96. The summed E-state index contributed by atoms with van der Waals surface area (Å²) in [5.41, 5.74) is 2.35. The van der Waals surface area contributed by atoms with Crippen LogP contribution in [0.2, 0.25) is 5.02 Å². The second-order valence-electron chi connectivity index (χ2n) is 4.03. The Balaban J connectivity index is 2.38. The van der Waals surface area contributed by atoms with E-state index in [0.717, 1.165) is 11.1 Å². The van der Waals surface area contributed by atoms with Crippen molar-refractivity contribution in [3.05, 3.63) is 53.1 Å². The molecule has 0 aliphatic heterocycles. The van der Waals surface area contributed by atoms with Crippen molar-refractivity contribution in [2.45, 2.75) is 13.3 Å². The van der Waals surface area contributed by atoms with Gasteiger partial charge in [-0.25, -0.2) is 0 Å². The van der Waals surface area contributed by atoms with Gasteiger partial charge in [0.2, 0.25) is 0 Å². The third-order valence-corrected chi connectivity index (χ3v) is 2.80. The Hall–Kier alpha value is -1.68. The zero-order valence-corrected chi connectivity index (χ0v) is 10.7. The van der Waals surface area contributed by atoms with Crippen LogP contribution in [0.1, 0.15) is 5.56 Å². The maximum Gasteiger partial charge on any atom is 0.573 e. The molecule has 0 amide bonds. The molecule has 0 spiro atoms. The fourth-order valence-corrected chi connectivity index (χ4v) is 2.04. The lowest BCUT2D eigenvalue weighted by Crippen LogP contribution is -2.17. The summed E-state index contributed by atoms with van der Waals surface area (Å²) in [4.78, 5) is 0. The van der Waals surface area contributed by atoms with E-state index in [1.54, 1.807) is 24.3 Å². The molecule has 0 aromatic heterocycles. The van der Waals surface area contributed by atoms with Crippen molar-refractivity contribution in [3.63, 3.8) is 0 Å². The van der Waals surface area contributed by atoms with Gasteiger partial charge in [0, 0.05) is 5.02 Å². The third-order valence-electron chi connectivity index (χ3n) is 2.57. The first-order valence-corrected chi connectivity index (χ1v) is 5.85. The van der Waals surface area contributed by atoms with Crippen molar-refractivity contribution >= 4 is 11.6 Å². The van der Waals surface area contributed by atoms with Gasteiger partial charge in [-0.2, -0.15) is 0 Å². The molecule has 0 N–H and O–H groups in total. The molecule has 5 heteroatoms. The first-order chi connectivity index (χ1) is 8.85. The van der Waals surface area contributed by atoms with Gasteiger partial charge in [0.05, 0.1) is 0 Å². The number of aryl methyl sites for hydroxylation is 1. The van der Waals surface area contributed by atoms with Crippen molar-refractivity contribution < 1.29 is 17.9 Å². The third kappa shape index (κ3) is 3.64. The maximum atomic E-state index is 12.2. The van der Waals surface area contributed by atoms with Crippen LogP contribution in [0.4, 0.5) is 13.2 Å². The SMILES string of the molecule is Cc1cc(Cl)ccc1-c1cccc(OC(F)(F)F)c1. The van der Waals surface area contributed by atoms with Crippen LogP contribution in [0, 0.1) is 6.92 Å². The number of rotatable bonds is 2. The normalized spacial score (nSPS) is 11.4. The minimum Gasteiger partial charge on any atom is -0.406 e. The molecule has 0 fully saturated rings. The number of halogens is 4. The maximum absolute atomic E-state index is 12.2. The fraction of sp³-hybridized carbons (Fsp3) is 0.143. The van der Waals surface area contributed by atoms with Gasteiger partial charge >= 0.3 is 6.36 Å². The van der Waals surface area contributed by atoms with Crippen LogP contribution in [-0.2, 0) is 0 Å². The Kier molecular flexibility index (Phi) is 3.71. The second kappa shape index (κ2) is 5.13. The first-order valence-electron chi connectivity index (χ1n) is 5.47. The molecule has 2 rings (SSSR count). The zero-order chi connectivity index (χ0) is 14.0. The Labute approximate surface area is 113 Å². The number of hydrogen-bond acceptors (Lipinski definition) is 1. The van der Waals surface area contributed by atoms with E-state index in [1.807, 2.05) is 6.92 Å². The average molecular weight is 287 g/mol. The lowest BCUT2D eigenvalue weighted by Gasteiger charge is -2.11. The first kappa shape index (κ1) is 13.7. The molecule has 19 heavy (non-hydrogen) atoms. The average Bonchev–Trinajstić information content (AvgIpc) is 2.26. The van der Waals surface area contributed by atoms with Gasteiger partial charge in [-0.15, -0.1) is 13.2 Å². The van der Waals surface area contributed by atoms with Crippen molar-refractivity contribution in [1.29, 1.82) is 0 Å². The van der Waals surface area contributed by atoms with E-state index in [2.05, 4.69) is 4.74 Å². The van der Waals surface area contributed by atoms with Gasteiger partial charge in [-0.3, -0.25) is 0 Å². The van der Waals surface area contributed by atoms with Crippen molar-refractivity contribution in [2.75, 3.05) is 0 Å². The summed E-state index contributed by atoms with van der Waals surface area (Å²) in [5.74, 6) is -0.237. The summed E-state index contributed by atoms with van der Waals surface area (Å²) in [6.45, 7) is 1.85. The largest absolute Gasteiger partial charge is 0.573 e. The number of benzene rings is 2. The minimum absolute atomic E-state index is 0.237. The molecule has 0 unspecified atom stereocenters. The van der Waals surface area contributed by atoms with E-state index in [9.17, 15) is 13.2 Å². The number of ether oxygens (including phenoxy) is 1. The Morgan fingerprint density at radius 3 is 2.42 bits per heavy atom. The molecule has 0 radical (unpaired) electrons. The van der Waals surface area contributed by atoms with Crippen LogP contribution in [0.3, 0.4) is 0 Å². The van der Waals surface area contributed by atoms with E-state index in [4.69, 9.17) is 11.6 Å². The minimum atomic E-state index is -4.69. The van der Waals surface area contributed by atoms with Crippen molar-refractivity contribution in [3.8, 4) is 16.9 Å². The van der Waals surface area contributed by atoms with Gasteiger partial charge in [0.25, 0.3) is 0 Å². The summed E-state index contributed by atoms with van der Waals surface area (Å²) in [7, 11) is 0. The van der Waals surface area contributed by atoms with Crippen LogP contribution >= 0.6 is 11.6 Å². The van der Waals surface area contributed by atoms with Crippen molar-refractivity contribution in [1.82, 2.24) is 0 Å². The van der Waals surface area contributed by atoms with E-state index >= 15 is 0 Å². The molecule has 0 aliphatic rings. The molecule has 1 nitrogen and oxygen atoms in total. The molecule has 0 atom stereocenters. The highest BCUT2D eigenvalue weighted by molar-refractivity contribution is 6.30. The standard InChI is InChI=1S/C14H10ClF3O/c1-9-7-11(15)5-6-13(9)10-3-2-4-12(8-10)19-14(16,17)18/h2-8H,1H3. The van der Waals surface area contributed by atoms with Crippen LogP contribution in [0.5, 0.6) is 5.75 Å². The van der Waals surface area contributed by atoms with Crippen LogP contribution in [0.25, 0.3) is 11.1 Å². The molecule has 2 aromatic carbocycles. The van der Waals surface area contributed by atoms with Gasteiger partial charge in [0.15, 0.2) is 0 Å². The van der Waals surface area contributed by atoms with Crippen LogP contribution in [-0.4, -0.2) is 6.36 Å². The summed E-state index contributed by atoms with van der Waals surface area (Å²) in [6, 6.07) is 11.1. The molecule has 2 aromatic rings.